The molecular weight excluding hydrogens is 238 g/mol. The minimum absolute atomic E-state index is 0.00552. The maximum Gasteiger partial charge on any atom is 0.124 e. The molecular formula is C12H16ClN3O. The van der Waals surface area contributed by atoms with Crippen LogP contribution in [-0.2, 0) is 0 Å². The van der Waals surface area contributed by atoms with Gasteiger partial charge in [0.1, 0.15) is 5.84 Å². The lowest BCUT2D eigenvalue weighted by Crippen LogP contribution is -2.30. The normalized spacial score (nSPS) is 24.1. The summed E-state index contributed by atoms with van der Waals surface area (Å²) in [6.07, 6.45) is 0.715. The van der Waals surface area contributed by atoms with Crippen LogP contribution >= 0.6 is 11.6 Å². The summed E-state index contributed by atoms with van der Waals surface area (Å²) in [4.78, 5) is 2.03. The Hall–Kier alpha value is -1.26. The monoisotopic (exact) mass is 253 g/mol. The molecule has 1 aliphatic rings. The third kappa shape index (κ3) is 2.53. The molecule has 1 heterocycles. The Morgan fingerprint density at radius 3 is 2.82 bits per heavy atom. The molecule has 4 N–H and O–H groups in total. The van der Waals surface area contributed by atoms with E-state index in [0.717, 1.165) is 12.2 Å². The van der Waals surface area contributed by atoms with Crippen molar-refractivity contribution in [1.29, 1.82) is 5.41 Å². The number of hydrogen-bond acceptors (Lipinski definition) is 3. The number of anilines is 1. The third-order valence-corrected chi connectivity index (χ3v) is 3.28. The first kappa shape index (κ1) is 12.2. The fourth-order valence-electron chi connectivity index (χ4n) is 2.15. The minimum atomic E-state index is -0.673. The summed E-state index contributed by atoms with van der Waals surface area (Å²) in [5.74, 6) is -0.00552. The highest BCUT2D eigenvalue weighted by molar-refractivity contribution is 6.31. The fraction of sp³-hybridized carbons (Fsp3) is 0.417. The Kier molecular flexibility index (Phi) is 3.02. The van der Waals surface area contributed by atoms with Crippen LogP contribution in [0, 0.1) is 5.41 Å². The number of nitrogens with two attached hydrogens (primary N) is 1. The highest BCUT2D eigenvalue weighted by Gasteiger charge is 2.32. The summed E-state index contributed by atoms with van der Waals surface area (Å²) >= 11 is 5.90. The van der Waals surface area contributed by atoms with E-state index in [2.05, 4.69) is 0 Å². The largest absolute Gasteiger partial charge is 0.388 e. The van der Waals surface area contributed by atoms with Crippen LogP contribution < -0.4 is 10.6 Å². The van der Waals surface area contributed by atoms with Crippen molar-refractivity contribution in [2.75, 3.05) is 18.0 Å². The van der Waals surface area contributed by atoms with Crippen LogP contribution in [0.15, 0.2) is 18.2 Å². The maximum atomic E-state index is 9.96. The number of amidine groups is 1. The minimum Gasteiger partial charge on any atom is -0.388 e. The fourth-order valence-corrected chi connectivity index (χ4v) is 2.32. The van der Waals surface area contributed by atoms with Crippen LogP contribution in [0.4, 0.5) is 5.69 Å². The average molecular weight is 254 g/mol. The number of benzene rings is 1. The molecule has 1 unspecified atom stereocenters. The van der Waals surface area contributed by atoms with Crippen LogP contribution in [0.2, 0.25) is 5.02 Å². The zero-order chi connectivity index (χ0) is 12.6. The van der Waals surface area contributed by atoms with Gasteiger partial charge >= 0.3 is 0 Å². The van der Waals surface area contributed by atoms with Gasteiger partial charge in [0, 0.05) is 29.4 Å². The van der Waals surface area contributed by atoms with E-state index in [9.17, 15) is 5.11 Å². The number of nitrogens with zero attached hydrogens (tertiary/aromatic N) is 1. The first-order valence-corrected chi connectivity index (χ1v) is 5.88. The lowest BCUT2D eigenvalue weighted by atomic mass is 10.1. The predicted molar refractivity (Wildman–Crippen MR) is 69.9 cm³/mol. The molecule has 0 aromatic heterocycles. The van der Waals surface area contributed by atoms with Crippen LogP contribution in [-0.4, -0.2) is 29.6 Å². The number of rotatable bonds is 2. The van der Waals surface area contributed by atoms with E-state index in [1.807, 2.05) is 17.9 Å². The highest BCUT2D eigenvalue weighted by atomic mass is 35.5. The van der Waals surface area contributed by atoms with Crippen LogP contribution in [0.5, 0.6) is 0 Å². The van der Waals surface area contributed by atoms with Gasteiger partial charge in [-0.05, 0) is 31.5 Å². The summed E-state index contributed by atoms with van der Waals surface area (Å²) < 4.78 is 0. The Morgan fingerprint density at radius 2 is 2.29 bits per heavy atom. The van der Waals surface area contributed by atoms with E-state index in [1.54, 1.807) is 12.1 Å². The third-order valence-electron chi connectivity index (χ3n) is 3.04. The molecule has 0 spiro atoms. The van der Waals surface area contributed by atoms with Gasteiger partial charge in [-0.1, -0.05) is 11.6 Å². The molecule has 1 aromatic rings. The molecule has 92 valence electrons. The average Bonchev–Trinajstić information content (AvgIpc) is 2.58. The molecule has 1 atom stereocenters. The van der Waals surface area contributed by atoms with Gasteiger partial charge in [0.05, 0.1) is 5.60 Å². The van der Waals surface area contributed by atoms with E-state index in [0.29, 0.717) is 23.6 Å². The van der Waals surface area contributed by atoms with Crippen LogP contribution in [0.25, 0.3) is 0 Å². The van der Waals surface area contributed by atoms with Crippen molar-refractivity contribution in [2.45, 2.75) is 18.9 Å². The van der Waals surface area contributed by atoms with Crippen molar-refractivity contribution in [3.05, 3.63) is 28.8 Å². The Bertz CT molecular complexity index is 459. The summed E-state index contributed by atoms with van der Waals surface area (Å²) in [5.41, 5.74) is 6.36. The first-order valence-electron chi connectivity index (χ1n) is 5.50. The van der Waals surface area contributed by atoms with E-state index >= 15 is 0 Å². The molecule has 1 fully saturated rings. The van der Waals surface area contributed by atoms with Gasteiger partial charge in [-0.25, -0.2) is 0 Å². The van der Waals surface area contributed by atoms with Crippen molar-refractivity contribution in [1.82, 2.24) is 0 Å². The summed E-state index contributed by atoms with van der Waals surface area (Å²) in [6.45, 7) is 3.13. The number of nitrogens with one attached hydrogen (secondary N) is 1. The van der Waals surface area contributed by atoms with Crippen molar-refractivity contribution in [2.24, 2.45) is 5.73 Å². The van der Waals surface area contributed by atoms with Gasteiger partial charge in [0.15, 0.2) is 0 Å². The van der Waals surface area contributed by atoms with Gasteiger partial charge in [0.25, 0.3) is 0 Å². The highest BCUT2D eigenvalue weighted by Crippen LogP contribution is 2.30. The topological polar surface area (TPSA) is 73.3 Å². The predicted octanol–water partition coefficient (Wildman–Crippen LogP) is 1.59. The number of hydrogen-bond donors (Lipinski definition) is 3. The van der Waals surface area contributed by atoms with Gasteiger partial charge in [-0.2, -0.15) is 0 Å². The quantitative estimate of drug-likeness (QED) is 0.554. The van der Waals surface area contributed by atoms with Crippen molar-refractivity contribution in [3.63, 3.8) is 0 Å². The van der Waals surface area contributed by atoms with Gasteiger partial charge in [-0.3, -0.25) is 5.41 Å². The Labute approximate surface area is 105 Å². The molecule has 5 heteroatoms. The zero-order valence-electron chi connectivity index (χ0n) is 9.70. The van der Waals surface area contributed by atoms with Crippen LogP contribution in [0.1, 0.15) is 18.9 Å². The summed E-state index contributed by atoms with van der Waals surface area (Å²) in [7, 11) is 0. The number of halogens is 1. The molecule has 2 rings (SSSR count). The molecule has 1 aliphatic heterocycles. The Morgan fingerprint density at radius 1 is 1.59 bits per heavy atom. The smallest absolute Gasteiger partial charge is 0.124 e. The molecule has 0 bridgehead atoms. The first-order chi connectivity index (χ1) is 7.89. The molecule has 0 amide bonds. The zero-order valence-corrected chi connectivity index (χ0v) is 10.5. The second kappa shape index (κ2) is 4.20. The standard InChI is InChI=1S/C12H16ClN3O/c1-12(17)4-5-16(7-12)10-3-2-8(13)6-9(10)11(14)15/h2-3,6,17H,4-5,7H2,1H3,(H3,14,15). The van der Waals surface area contributed by atoms with Gasteiger partial charge < -0.3 is 15.7 Å². The molecule has 0 aliphatic carbocycles. The van der Waals surface area contributed by atoms with E-state index in [-0.39, 0.29) is 5.84 Å². The van der Waals surface area contributed by atoms with Crippen molar-refractivity contribution in [3.8, 4) is 0 Å². The van der Waals surface area contributed by atoms with E-state index < -0.39 is 5.60 Å². The molecule has 4 nitrogen and oxygen atoms in total. The summed E-state index contributed by atoms with van der Waals surface area (Å²) in [5, 5.41) is 18.1. The molecule has 17 heavy (non-hydrogen) atoms. The summed E-state index contributed by atoms with van der Waals surface area (Å²) in [6, 6.07) is 5.31. The SMILES string of the molecule is CC1(O)CCN(c2ccc(Cl)cc2C(=N)N)C1. The number of aliphatic hydroxyl groups is 1. The molecule has 0 radical (unpaired) electrons. The second-order valence-electron chi connectivity index (χ2n) is 4.74. The lowest BCUT2D eigenvalue weighted by Gasteiger charge is -2.23. The van der Waals surface area contributed by atoms with Crippen molar-refractivity contribution < 1.29 is 5.11 Å². The van der Waals surface area contributed by atoms with Gasteiger partial charge in [-0.15, -0.1) is 0 Å². The molecule has 1 saturated heterocycles. The Balaban J connectivity index is 2.36. The number of β-amino-alcohol motifs (C(OH)–C–C–N with tert-alkyl or cyclic N) is 1. The number of nitrogen functional groups attached to an aromatic ring is 1. The molecule has 1 aromatic carbocycles. The van der Waals surface area contributed by atoms with Crippen molar-refractivity contribution >= 4 is 23.1 Å². The second-order valence-corrected chi connectivity index (χ2v) is 5.18. The molecule has 0 saturated carbocycles. The van der Waals surface area contributed by atoms with Gasteiger partial charge in [0.2, 0.25) is 0 Å². The lowest BCUT2D eigenvalue weighted by molar-refractivity contribution is 0.0839. The maximum absolute atomic E-state index is 9.96. The van der Waals surface area contributed by atoms with Crippen LogP contribution in [0.3, 0.4) is 0 Å². The van der Waals surface area contributed by atoms with E-state index in [1.165, 1.54) is 0 Å². The van der Waals surface area contributed by atoms with E-state index in [4.69, 9.17) is 22.7 Å².